The summed E-state index contributed by atoms with van der Waals surface area (Å²) in [4.78, 5) is 20.1. The highest BCUT2D eigenvalue weighted by molar-refractivity contribution is 6.30. The molecule has 0 saturated heterocycles. The van der Waals surface area contributed by atoms with Crippen LogP contribution in [-0.2, 0) is 16.2 Å². The molecule has 1 saturated carbocycles. The average molecular weight is 387 g/mol. The van der Waals surface area contributed by atoms with Gasteiger partial charge in [-0.2, -0.15) is 0 Å². The minimum absolute atomic E-state index is 0.120. The number of amides is 1. The van der Waals surface area contributed by atoms with Crippen molar-refractivity contribution >= 4 is 23.2 Å². The summed E-state index contributed by atoms with van der Waals surface area (Å²) in [6, 6.07) is 13.9. The Morgan fingerprint density at radius 2 is 2.04 bits per heavy atom. The molecule has 140 valence electrons. The van der Waals surface area contributed by atoms with E-state index in [1.807, 2.05) is 35.2 Å². The van der Waals surface area contributed by atoms with E-state index in [-0.39, 0.29) is 23.7 Å². The zero-order valence-corrected chi connectivity index (χ0v) is 15.5. The molecule has 6 heteroatoms. The van der Waals surface area contributed by atoms with Crippen molar-refractivity contribution in [3.63, 3.8) is 0 Å². The molecule has 1 aliphatic heterocycles. The highest BCUT2D eigenvalue weighted by atomic mass is 35.5. The van der Waals surface area contributed by atoms with Gasteiger partial charge in [0.1, 0.15) is 5.82 Å². The maximum atomic E-state index is 13.4. The first-order valence-electron chi connectivity index (χ1n) is 9.10. The van der Waals surface area contributed by atoms with Gasteiger partial charge in [-0.15, -0.1) is 0 Å². The van der Waals surface area contributed by atoms with Gasteiger partial charge in [0, 0.05) is 29.5 Å². The maximum Gasteiger partial charge on any atom is 0.226 e. The summed E-state index contributed by atoms with van der Waals surface area (Å²) < 4.78 is 13.4. The predicted molar refractivity (Wildman–Crippen MR) is 102 cm³/mol. The number of halogens is 2. The number of carbonyl (C=O) groups is 1. The van der Waals surface area contributed by atoms with Gasteiger partial charge in [-0.3, -0.25) is 4.79 Å². The molecule has 4 rings (SSSR count). The van der Waals surface area contributed by atoms with E-state index in [0.29, 0.717) is 35.8 Å². The molecule has 0 bridgehead atoms. The van der Waals surface area contributed by atoms with Crippen molar-refractivity contribution in [1.29, 1.82) is 0 Å². The van der Waals surface area contributed by atoms with Crippen LogP contribution in [0.4, 0.5) is 4.39 Å². The number of carbonyl (C=O) groups excluding carboxylic acids is 1. The molecule has 0 aromatic heterocycles. The van der Waals surface area contributed by atoms with Crippen LogP contribution in [0.25, 0.3) is 0 Å². The lowest BCUT2D eigenvalue weighted by atomic mass is 10.0. The SMILES string of the molecule is O=C(C1CC1)N(Cc1cccc(Cl)c1)CC1CC(c2cccc(F)c2)=NO1. The van der Waals surface area contributed by atoms with Crippen molar-refractivity contribution in [3.05, 3.63) is 70.5 Å². The van der Waals surface area contributed by atoms with Gasteiger partial charge in [-0.25, -0.2) is 4.39 Å². The number of hydrogen-bond donors (Lipinski definition) is 0. The smallest absolute Gasteiger partial charge is 0.226 e. The van der Waals surface area contributed by atoms with Crippen LogP contribution in [0, 0.1) is 11.7 Å². The van der Waals surface area contributed by atoms with Crippen LogP contribution in [0.1, 0.15) is 30.4 Å². The largest absolute Gasteiger partial charge is 0.390 e. The van der Waals surface area contributed by atoms with Gasteiger partial charge in [0.25, 0.3) is 0 Å². The molecule has 27 heavy (non-hydrogen) atoms. The highest BCUT2D eigenvalue weighted by Gasteiger charge is 2.35. The number of nitrogens with zero attached hydrogens (tertiary/aromatic N) is 2. The number of oxime groups is 1. The molecule has 2 aromatic carbocycles. The first kappa shape index (κ1) is 18.0. The topological polar surface area (TPSA) is 41.9 Å². The molecule has 0 radical (unpaired) electrons. The number of rotatable bonds is 6. The molecule has 2 aliphatic rings. The standard InChI is InChI=1S/C21H20ClFN2O2/c22-17-5-1-3-14(9-17)12-25(21(26)15-7-8-15)13-19-11-20(24-27-19)16-4-2-6-18(23)10-16/h1-6,9-10,15,19H,7-8,11-13H2. The maximum absolute atomic E-state index is 13.4. The molecule has 4 nitrogen and oxygen atoms in total. The Morgan fingerprint density at radius 1 is 1.22 bits per heavy atom. The second-order valence-corrected chi connectivity index (χ2v) is 7.54. The van der Waals surface area contributed by atoms with Crippen LogP contribution in [0.3, 0.4) is 0 Å². The van der Waals surface area contributed by atoms with Crippen LogP contribution in [0.15, 0.2) is 53.7 Å². The van der Waals surface area contributed by atoms with Crippen molar-refractivity contribution in [2.24, 2.45) is 11.1 Å². The van der Waals surface area contributed by atoms with Gasteiger partial charge in [0.15, 0.2) is 6.10 Å². The lowest BCUT2D eigenvalue weighted by molar-refractivity contribution is -0.135. The Labute approximate surface area is 162 Å². The fraction of sp³-hybridized carbons (Fsp3) is 0.333. The molecular weight excluding hydrogens is 367 g/mol. The molecule has 1 atom stereocenters. The fourth-order valence-corrected chi connectivity index (χ4v) is 3.50. The third-order valence-corrected chi connectivity index (χ3v) is 5.05. The van der Waals surface area contributed by atoms with E-state index in [9.17, 15) is 9.18 Å². The molecule has 1 amide bonds. The van der Waals surface area contributed by atoms with E-state index in [2.05, 4.69) is 5.16 Å². The lowest BCUT2D eigenvalue weighted by Crippen LogP contribution is -2.38. The van der Waals surface area contributed by atoms with Crippen molar-refractivity contribution in [3.8, 4) is 0 Å². The van der Waals surface area contributed by atoms with Gasteiger partial charge >= 0.3 is 0 Å². The molecule has 1 heterocycles. The Morgan fingerprint density at radius 3 is 2.78 bits per heavy atom. The van der Waals surface area contributed by atoms with Gasteiger partial charge in [-0.05, 0) is 42.7 Å². The first-order chi connectivity index (χ1) is 13.1. The van der Waals surface area contributed by atoms with Crippen LogP contribution in [-0.4, -0.2) is 29.2 Å². The molecule has 0 spiro atoms. The van der Waals surface area contributed by atoms with Gasteiger partial charge in [0.05, 0.1) is 12.3 Å². The van der Waals surface area contributed by atoms with E-state index in [0.717, 1.165) is 18.4 Å². The van der Waals surface area contributed by atoms with Gasteiger partial charge in [-0.1, -0.05) is 41.0 Å². The first-order valence-corrected chi connectivity index (χ1v) is 9.48. The van der Waals surface area contributed by atoms with Crippen LogP contribution in [0.2, 0.25) is 5.02 Å². The summed E-state index contributed by atoms with van der Waals surface area (Å²) >= 11 is 6.08. The monoisotopic (exact) mass is 386 g/mol. The van der Waals surface area contributed by atoms with Crippen molar-refractivity contribution in [2.45, 2.75) is 31.9 Å². The summed E-state index contributed by atoms with van der Waals surface area (Å²) in [6.07, 6.45) is 2.21. The minimum atomic E-state index is -0.301. The normalized spacial score (nSPS) is 18.7. The van der Waals surface area contributed by atoms with E-state index in [1.54, 1.807) is 6.07 Å². The minimum Gasteiger partial charge on any atom is -0.390 e. The van der Waals surface area contributed by atoms with E-state index in [4.69, 9.17) is 16.4 Å². The lowest BCUT2D eigenvalue weighted by Gasteiger charge is -2.25. The molecule has 0 N–H and O–H groups in total. The molecule has 1 aliphatic carbocycles. The van der Waals surface area contributed by atoms with Gasteiger partial charge < -0.3 is 9.74 Å². The van der Waals surface area contributed by atoms with Crippen molar-refractivity contribution in [1.82, 2.24) is 4.90 Å². The second-order valence-electron chi connectivity index (χ2n) is 7.10. The average Bonchev–Trinajstić information content (AvgIpc) is 3.39. The Kier molecular flexibility index (Phi) is 5.12. The Hall–Kier alpha value is -2.40. The summed E-state index contributed by atoms with van der Waals surface area (Å²) in [7, 11) is 0. The van der Waals surface area contributed by atoms with Crippen LogP contribution < -0.4 is 0 Å². The van der Waals surface area contributed by atoms with E-state index >= 15 is 0 Å². The number of benzene rings is 2. The zero-order valence-electron chi connectivity index (χ0n) is 14.8. The highest BCUT2D eigenvalue weighted by Crippen LogP contribution is 2.32. The number of hydrogen-bond acceptors (Lipinski definition) is 3. The third kappa shape index (κ3) is 4.48. The third-order valence-electron chi connectivity index (χ3n) is 4.82. The summed E-state index contributed by atoms with van der Waals surface area (Å²) in [5, 5.41) is 4.77. The zero-order chi connectivity index (χ0) is 18.8. The Bertz CT molecular complexity index is 882. The van der Waals surface area contributed by atoms with E-state index in [1.165, 1.54) is 12.1 Å². The van der Waals surface area contributed by atoms with Gasteiger partial charge in [0.2, 0.25) is 5.91 Å². The van der Waals surface area contributed by atoms with E-state index < -0.39 is 0 Å². The summed E-state index contributed by atoms with van der Waals surface area (Å²) in [5.41, 5.74) is 2.41. The summed E-state index contributed by atoms with van der Waals surface area (Å²) in [5.74, 6) is -0.0304. The molecule has 1 unspecified atom stereocenters. The van der Waals surface area contributed by atoms with Crippen LogP contribution >= 0.6 is 11.6 Å². The molecule has 2 aromatic rings. The second kappa shape index (κ2) is 7.69. The quantitative estimate of drug-likeness (QED) is 0.737. The van der Waals surface area contributed by atoms with Crippen molar-refractivity contribution < 1.29 is 14.0 Å². The summed E-state index contributed by atoms with van der Waals surface area (Å²) in [6.45, 7) is 0.940. The molecule has 1 fully saturated rings. The van der Waals surface area contributed by atoms with Crippen molar-refractivity contribution in [2.75, 3.05) is 6.54 Å². The van der Waals surface area contributed by atoms with Crippen LogP contribution in [0.5, 0.6) is 0 Å². The predicted octanol–water partition coefficient (Wildman–Crippen LogP) is 4.41. The Balaban J connectivity index is 1.43. The molecular formula is C21H20ClFN2O2. The fourth-order valence-electron chi connectivity index (χ4n) is 3.29.